The second-order valence-electron chi connectivity index (χ2n) is 5.00. The molecule has 1 aromatic carbocycles. The zero-order valence-electron chi connectivity index (χ0n) is 13.0. The molecule has 0 aliphatic heterocycles. The van der Waals surface area contributed by atoms with Gasteiger partial charge < -0.3 is 9.26 Å². The summed E-state index contributed by atoms with van der Waals surface area (Å²) in [6.07, 6.45) is 2.41. The number of hydrogen-bond acceptors (Lipinski definition) is 6. The number of benzene rings is 1. The monoisotopic (exact) mass is 327 g/mol. The van der Waals surface area contributed by atoms with Crippen LogP contribution in [0.25, 0.3) is 0 Å². The SMILES string of the molecule is COc1ccc(Cc2noc([C@@H](C)Sc3ccccn3)n2)cc1. The number of pyridine rings is 1. The minimum atomic E-state index is 0.0574. The molecule has 2 heterocycles. The predicted molar refractivity (Wildman–Crippen MR) is 88.6 cm³/mol. The smallest absolute Gasteiger partial charge is 0.239 e. The zero-order valence-corrected chi connectivity index (χ0v) is 13.8. The van der Waals surface area contributed by atoms with Gasteiger partial charge in [-0.1, -0.05) is 35.1 Å². The minimum absolute atomic E-state index is 0.0574. The van der Waals surface area contributed by atoms with E-state index >= 15 is 0 Å². The average molecular weight is 327 g/mol. The summed E-state index contributed by atoms with van der Waals surface area (Å²) >= 11 is 1.60. The van der Waals surface area contributed by atoms with E-state index in [-0.39, 0.29) is 5.25 Å². The van der Waals surface area contributed by atoms with Gasteiger partial charge in [0.2, 0.25) is 5.89 Å². The molecular formula is C17H17N3O2S. The van der Waals surface area contributed by atoms with E-state index in [4.69, 9.17) is 9.26 Å². The van der Waals surface area contributed by atoms with Gasteiger partial charge in [-0.2, -0.15) is 4.98 Å². The lowest BCUT2D eigenvalue weighted by Crippen LogP contribution is -1.93. The van der Waals surface area contributed by atoms with Crippen molar-refractivity contribution in [1.29, 1.82) is 0 Å². The molecule has 23 heavy (non-hydrogen) atoms. The Morgan fingerprint density at radius 2 is 2.00 bits per heavy atom. The van der Waals surface area contributed by atoms with Gasteiger partial charge in [-0.3, -0.25) is 0 Å². The topological polar surface area (TPSA) is 61.0 Å². The van der Waals surface area contributed by atoms with Crippen molar-refractivity contribution in [1.82, 2.24) is 15.1 Å². The van der Waals surface area contributed by atoms with Gasteiger partial charge >= 0.3 is 0 Å². The molecule has 6 heteroatoms. The lowest BCUT2D eigenvalue weighted by Gasteiger charge is -2.04. The number of aromatic nitrogens is 3. The van der Waals surface area contributed by atoms with Crippen LogP contribution >= 0.6 is 11.8 Å². The van der Waals surface area contributed by atoms with Crippen LogP contribution in [0.1, 0.15) is 29.5 Å². The zero-order chi connectivity index (χ0) is 16.1. The Hall–Kier alpha value is -2.34. The molecule has 0 fully saturated rings. The van der Waals surface area contributed by atoms with Gasteiger partial charge in [0.25, 0.3) is 0 Å². The lowest BCUT2D eigenvalue weighted by atomic mass is 10.1. The first kappa shape index (κ1) is 15.6. The summed E-state index contributed by atoms with van der Waals surface area (Å²) in [5.74, 6) is 2.13. The molecule has 1 atom stereocenters. The second-order valence-corrected chi connectivity index (χ2v) is 6.36. The van der Waals surface area contributed by atoms with Crippen molar-refractivity contribution >= 4 is 11.8 Å². The quantitative estimate of drug-likeness (QED) is 0.640. The van der Waals surface area contributed by atoms with Crippen LogP contribution in [-0.2, 0) is 6.42 Å². The van der Waals surface area contributed by atoms with Crippen molar-refractivity contribution in [2.75, 3.05) is 7.11 Å². The largest absolute Gasteiger partial charge is 0.497 e. The maximum atomic E-state index is 5.38. The third-order valence-corrected chi connectivity index (χ3v) is 4.33. The van der Waals surface area contributed by atoms with Crippen LogP contribution in [-0.4, -0.2) is 22.2 Å². The number of thioether (sulfide) groups is 1. The second kappa shape index (κ2) is 7.28. The summed E-state index contributed by atoms with van der Waals surface area (Å²) in [5.41, 5.74) is 1.11. The Kier molecular flexibility index (Phi) is 4.92. The first-order valence-corrected chi connectivity index (χ1v) is 8.15. The van der Waals surface area contributed by atoms with Crippen molar-refractivity contribution in [2.45, 2.75) is 23.6 Å². The highest BCUT2D eigenvalue weighted by atomic mass is 32.2. The van der Waals surface area contributed by atoms with Gasteiger partial charge in [-0.25, -0.2) is 4.98 Å². The summed E-state index contributed by atoms with van der Waals surface area (Å²) in [6, 6.07) is 13.7. The van der Waals surface area contributed by atoms with Crippen LogP contribution in [0.15, 0.2) is 58.2 Å². The van der Waals surface area contributed by atoms with Crippen LogP contribution in [0.3, 0.4) is 0 Å². The van der Waals surface area contributed by atoms with Gasteiger partial charge in [0.1, 0.15) is 5.75 Å². The molecule has 118 valence electrons. The number of ether oxygens (including phenoxy) is 1. The molecular weight excluding hydrogens is 310 g/mol. The molecule has 0 spiro atoms. The Morgan fingerprint density at radius 1 is 1.17 bits per heavy atom. The van der Waals surface area contributed by atoms with Crippen molar-refractivity contribution in [3.63, 3.8) is 0 Å². The first-order valence-electron chi connectivity index (χ1n) is 7.27. The molecule has 2 aromatic heterocycles. The minimum Gasteiger partial charge on any atom is -0.497 e. The van der Waals surface area contributed by atoms with Crippen LogP contribution in [0.4, 0.5) is 0 Å². The molecule has 5 nitrogen and oxygen atoms in total. The number of methoxy groups -OCH3 is 1. The van der Waals surface area contributed by atoms with Gasteiger partial charge in [0.05, 0.1) is 17.4 Å². The fourth-order valence-corrected chi connectivity index (χ4v) is 2.92. The standard InChI is InChI=1S/C17H17N3O2S/c1-12(23-16-5-3-4-10-18-16)17-19-15(20-22-17)11-13-6-8-14(21-2)9-7-13/h3-10,12H,11H2,1-2H3/t12-/m1/s1. The summed E-state index contributed by atoms with van der Waals surface area (Å²) < 4.78 is 10.5. The third-order valence-electron chi connectivity index (χ3n) is 3.29. The predicted octanol–water partition coefficient (Wildman–Crippen LogP) is 3.92. The molecule has 0 amide bonds. The maximum absolute atomic E-state index is 5.38. The van der Waals surface area contributed by atoms with Crippen LogP contribution in [0, 0.1) is 0 Å². The highest BCUT2D eigenvalue weighted by molar-refractivity contribution is 7.99. The summed E-state index contributed by atoms with van der Waals surface area (Å²) in [5, 5.41) is 5.06. The molecule has 0 unspecified atom stereocenters. The average Bonchev–Trinajstić information content (AvgIpc) is 3.05. The van der Waals surface area contributed by atoms with E-state index in [1.165, 1.54) is 0 Å². The van der Waals surface area contributed by atoms with Crippen molar-refractivity contribution < 1.29 is 9.26 Å². The van der Waals surface area contributed by atoms with E-state index in [0.717, 1.165) is 16.3 Å². The Labute approximate surface area is 139 Å². The van der Waals surface area contributed by atoms with E-state index in [1.54, 1.807) is 25.1 Å². The summed E-state index contributed by atoms with van der Waals surface area (Å²) in [4.78, 5) is 8.78. The van der Waals surface area contributed by atoms with Gasteiger partial charge in [-0.15, -0.1) is 0 Å². The Bertz CT molecular complexity index is 744. The van der Waals surface area contributed by atoms with Gasteiger partial charge in [-0.05, 0) is 36.8 Å². The van der Waals surface area contributed by atoms with Crippen molar-refractivity contribution in [2.24, 2.45) is 0 Å². The fourth-order valence-electron chi connectivity index (χ4n) is 2.08. The molecule has 0 saturated carbocycles. The van der Waals surface area contributed by atoms with E-state index in [9.17, 15) is 0 Å². The fraction of sp³-hybridized carbons (Fsp3) is 0.235. The van der Waals surface area contributed by atoms with Gasteiger partial charge in [0.15, 0.2) is 5.82 Å². The number of nitrogens with zero attached hydrogens (tertiary/aromatic N) is 3. The van der Waals surface area contributed by atoms with Crippen LogP contribution in [0.5, 0.6) is 5.75 Å². The van der Waals surface area contributed by atoms with E-state index in [1.807, 2.05) is 49.4 Å². The lowest BCUT2D eigenvalue weighted by molar-refractivity contribution is 0.375. The number of hydrogen-bond donors (Lipinski definition) is 0. The maximum Gasteiger partial charge on any atom is 0.239 e. The molecule has 0 bridgehead atoms. The van der Waals surface area contributed by atoms with E-state index < -0.39 is 0 Å². The van der Waals surface area contributed by atoms with Crippen molar-refractivity contribution in [3.05, 3.63) is 65.9 Å². The third kappa shape index (κ3) is 4.10. The van der Waals surface area contributed by atoms with Crippen LogP contribution in [0.2, 0.25) is 0 Å². The molecule has 0 aliphatic rings. The molecule has 3 rings (SSSR count). The molecule has 0 radical (unpaired) electrons. The van der Waals surface area contributed by atoms with Gasteiger partial charge in [0, 0.05) is 12.6 Å². The molecule has 0 saturated heterocycles. The normalized spacial score (nSPS) is 12.1. The first-order chi connectivity index (χ1) is 11.2. The van der Waals surface area contributed by atoms with E-state index in [2.05, 4.69) is 15.1 Å². The number of rotatable bonds is 6. The Balaban J connectivity index is 1.65. The van der Waals surface area contributed by atoms with E-state index in [0.29, 0.717) is 18.1 Å². The molecule has 3 aromatic rings. The summed E-state index contributed by atoms with van der Waals surface area (Å²) in [7, 11) is 1.65. The Morgan fingerprint density at radius 3 is 2.70 bits per heavy atom. The molecule has 0 aliphatic carbocycles. The van der Waals surface area contributed by atoms with Crippen LogP contribution < -0.4 is 4.74 Å². The highest BCUT2D eigenvalue weighted by Gasteiger charge is 2.16. The van der Waals surface area contributed by atoms with Crippen molar-refractivity contribution in [3.8, 4) is 5.75 Å². The molecule has 0 N–H and O–H groups in total. The highest BCUT2D eigenvalue weighted by Crippen LogP contribution is 2.32. The summed E-state index contributed by atoms with van der Waals surface area (Å²) in [6.45, 7) is 2.03.